The maximum Gasteiger partial charge on any atom is 0.247 e. The van der Waals surface area contributed by atoms with Gasteiger partial charge in [-0.3, -0.25) is 9.10 Å². The molecule has 8 heteroatoms. The Morgan fingerprint density at radius 1 is 1.23 bits per heavy atom. The van der Waals surface area contributed by atoms with Gasteiger partial charge in [-0.1, -0.05) is 17.7 Å². The van der Waals surface area contributed by atoms with Gasteiger partial charge in [-0.2, -0.15) is 0 Å². The molecule has 26 heavy (non-hydrogen) atoms. The first-order valence-corrected chi connectivity index (χ1v) is 10.2. The Bertz CT molecular complexity index is 869. The first kappa shape index (κ1) is 20.1. The van der Waals surface area contributed by atoms with E-state index in [4.69, 9.17) is 16.3 Å². The number of ether oxygens (including phenoxy) is 1. The molecule has 1 amide bonds. The molecule has 0 saturated carbocycles. The van der Waals surface area contributed by atoms with Gasteiger partial charge in [0, 0.05) is 10.7 Å². The first-order chi connectivity index (χ1) is 12.2. The lowest BCUT2D eigenvalue weighted by molar-refractivity contribution is -0.116. The highest BCUT2D eigenvalue weighted by molar-refractivity contribution is 7.92. The zero-order valence-electron chi connectivity index (χ0n) is 14.8. The van der Waals surface area contributed by atoms with Crippen LogP contribution in [-0.2, 0) is 14.8 Å². The lowest BCUT2D eigenvalue weighted by Gasteiger charge is -2.28. The van der Waals surface area contributed by atoms with Crippen LogP contribution in [0.25, 0.3) is 0 Å². The van der Waals surface area contributed by atoms with Crippen LogP contribution in [-0.4, -0.2) is 33.2 Å². The van der Waals surface area contributed by atoms with E-state index < -0.39 is 22.0 Å². The number of nitrogens with zero attached hydrogens (tertiary/aromatic N) is 1. The van der Waals surface area contributed by atoms with Gasteiger partial charge in [-0.15, -0.1) is 0 Å². The van der Waals surface area contributed by atoms with Crippen LogP contribution in [0.4, 0.5) is 11.4 Å². The van der Waals surface area contributed by atoms with Crippen molar-refractivity contribution in [2.75, 3.05) is 22.5 Å². The number of rotatable bonds is 7. The zero-order chi connectivity index (χ0) is 19.3. The molecule has 140 valence electrons. The second-order valence-corrected chi connectivity index (χ2v) is 7.96. The average molecular weight is 397 g/mol. The van der Waals surface area contributed by atoms with Crippen LogP contribution in [0.5, 0.6) is 5.75 Å². The van der Waals surface area contributed by atoms with Crippen molar-refractivity contribution < 1.29 is 17.9 Å². The number of amides is 1. The number of carbonyl (C=O) groups excluding carboxylic acids is 1. The molecular formula is C18H21ClN2O4S. The molecule has 2 aromatic carbocycles. The van der Waals surface area contributed by atoms with E-state index in [1.165, 1.54) is 6.92 Å². The van der Waals surface area contributed by atoms with Gasteiger partial charge in [-0.05, 0) is 56.3 Å². The Kier molecular flexibility index (Phi) is 6.50. The Balaban J connectivity index is 2.27. The highest BCUT2D eigenvalue weighted by Crippen LogP contribution is 2.25. The van der Waals surface area contributed by atoms with Gasteiger partial charge < -0.3 is 10.1 Å². The number of hydrogen-bond acceptors (Lipinski definition) is 4. The molecule has 0 saturated heterocycles. The van der Waals surface area contributed by atoms with Gasteiger partial charge in [-0.25, -0.2) is 8.42 Å². The van der Waals surface area contributed by atoms with Gasteiger partial charge in [0.1, 0.15) is 11.8 Å². The number of sulfonamides is 1. The Hall–Kier alpha value is -2.25. The normalized spacial score (nSPS) is 12.3. The number of carbonyl (C=O) groups is 1. The van der Waals surface area contributed by atoms with Gasteiger partial charge in [0.2, 0.25) is 15.9 Å². The third kappa shape index (κ3) is 5.12. The molecule has 0 spiro atoms. The molecule has 0 fully saturated rings. The van der Waals surface area contributed by atoms with Crippen molar-refractivity contribution >= 4 is 38.9 Å². The second kappa shape index (κ2) is 8.42. The Labute approximate surface area is 158 Å². The predicted octanol–water partition coefficient (Wildman–Crippen LogP) is 3.53. The summed E-state index contributed by atoms with van der Waals surface area (Å²) in [5.41, 5.74) is 0.874. The number of benzene rings is 2. The summed E-state index contributed by atoms with van der Waals surface area (Å²) in [6.07, 6.45) is 1.06. The summed E-state index contributed by atoms with van der Waals surface area (Å²) in [5.74, 6) is 0.160. The van der Waals surface area contributed by atoms with Crippen molar-refractivity contribution in [1.82, 2.24) is 0 Å². The van der Waals surface area contributed by atoms with Gasteiger partial charge in [0.25, 0.3) is 0 Å². The molecule has 2 rings (SSSR count). The lowest BCUT2D eigenvalue weighted by Crippen LogP contribution is -2.45. The third-order valence-electron chi connectivity index (χ3n) is 3.58. The summed E-state index contributed by atoms with van der Waals surface area (Å²) < 4.78 is 31.0. The minimum absolute atomic E-state index is 0.379. The number of halogens is 1. The fourth-order valence-electron chi connectivity index (χ4n) is 2.48. The van der Waals surface area contributed by atoms with Crippen molar-refractivity contribution in [3.63, 3.8) is 0 Å². The van der Waals surface area contributed by atoms with Gasteiger partial charge in [0.05, 0.1) is 18.6 Å². The van der Waals surface area contributed by atoms with Crippen LogP contribution in [0, 0.1) is 0 Å². The Morgan fingerprint density at radius 2 is 1.88 bits per heavy atom. The molecule has 0 unspecified atom stereocenters. The SMILES string of the molecule is CCOc1ccc(N([C@@H](C)C(=O)Nc2cccc(Cl)c2)S(C)(=O)=O)cc1. The lowest BCUT2D eigenvalue weighted by atomic mass is 10.2. The molecule has 0 bridgehead atoms. The standard InChI is InChI=1S/C18H21ClN2O4S/c1-4-25-17-10-8-16(9-11-17)21(26(3,23)24)13(2)18(22)20-15-7-5-6-14(19)12-15/h5-13H,4H2,1-3H3,(H,20,22)/t13-/m0/s1. The largest absolute Gasteiger partial charge is 0.494 e. The summed E-state index contributed by atoms with van der Waals surface area (Å²) in [6, 6.07) is 12.2. The predicted molar refractivity (Wildman–Crippen MR) is 104 cm³/mol. The van der Waals surface area contributed by atoms with Crippen LogP contribution >= 0.6 is 11.6 Å². The van der Waals surface area contributed by atoms with Crippen molar-refractivity contribution in [3.8, 4) is 5.75 Å². The van der Waals surface area contributed by atoms with Crippen molar-refractivity contribution in [2.24, 2.45) is 0 Å². The summed E-state index contributed by atoms with van der Waals surface area (Å²) in [5, 5.41) is 3.16. The van der Waals surface area contributed by atoms with Crippen LogP contribution in [0.3, 0.4) is 0 Å². The molecule has 0 aromatic heterocycles. The molecule has 0 radical (unpaired) electrons. The van der Waals surface area contributed by atoms with E-state index in [0.717, 1.165) is 10.6 Å². The van der Waals surface area contributed by atoms with Crippen LogP contribution in [0.15, 0.2) is 48.5 Å². The molecule has 0 aliphatic heterocycles. The number of nitrogens with one attached hydrogen (secondary N) is 1. The second-order valence-electron chi connectivity index (χ2n) is 5.66. The summed E-state index contributed by atoms with van der Waals surface area (Å²) in [7, 11) is -3.68. The summed E-state index contributed by atoms with van der Waals surface area (Å²) in [6.45, 7) is 3.89. The first-order valence-electron chi connectivity index (χ1n) is 8.01. The highest BCUT2D eigenvalue weighted by Gasteiger charge is 2.29. The molecule has 6 nitrogen and oxygen atoms in total. The van der Waals surface area contributed by atoms with E-state index in [-0.39, 0.29) is 0 Å². The van der Waals surface area contributed by atoms with E-state index in [2.05, 4.69) is 5.32 Å². The van der Waals surface area contributed by atoms with Gasteiger partial charge >= 0.3 is 0 Å². The van der Waals surface area contributed by atoms with E-state index in [1.807, 2.05) is 6.92 Å². The number of anilines is 2. The minimum atomic E-state index is -3.68. The third-order valence-corrected chi connectivity index (χ3v) is 5.06. The molecular weight excluding hydrogens is 376 g/mol. The molecule has 0 heterocycles. The van der Waals surface area contributed by atoms with Crippen molar-refractivity contribution in [2.45, 2.75) is 19.9 Å². The Morgan fingerprint density at radius 3 is 2.42 bits per heavy atom. The topological polar surface area (TPSA) is 75.7 Å². The van der Waals surface area contributed by atoms with E-state index >= 15 is 0 Å². The van der Waals surface area contributed by atoms with Crippen molar-refractivity contribution in [3.05, 3.63) is 53.6 Å². The van der Waals surface area contributed by atoms with Crippen LogP contribution in [0.2, 0.25) is 5.02 Å². The zero-order valence-corrected chi connectivity index (χ0v) is 16.3. The number of hydrogen-bond donors (Lipinski definition) is 1. The molecule has 1 atom stereocenters. The monoisotopic (exact) mass is 396 g/mol. The molecule has 1 N–H and O–H groups in total. The van der Waals surface area contributed by atoms with Crippen LogP contribution in [0.1, 0.15) is 13.8 Å². The van der Waals surface area contributed by atoms with E-state index in [9.17, 15) is 13.2 Å². The average Bonchev–Trinajstić information content (AvgIpc) is 2.55. The molecule has 0 aliphatic carbocycles. The van der Waals surface area contributed by atoms with E-state index in [0.29, 0.717) is 28.8 Å². The summed E-state index contributed by atoms with van der Waals surface area (Å²) in [4.78, 5) is 12.6. The summed E-state index contributed by atoms with van der Waals surface area (Å²) >= 11 is 5.91. The maximum absolute atomic E-state index is 12.6. The van der Waals surface area contributed by atoms with Crippen LogP contribution < -0.4 is 14.4 Å². The highest BCUT2D eigenvalue weighted by atomic mass is 35.5. The fraction of sp³-hybridized carbons (Fsp3) is 0.278. The van der Waals surface area contributed by atoms with E-state index in [1.54, 1.807) is 48.5 Å². The van der Waals surface area contributed by atoms with Crippen molar-refractivity contribution in [1.29, 1.82) is 0 Å². The quantitative estimate of drug-likeness (QED) is 0.776. The molecule has 0 aliphatic rings. The molecule has 2 aromatic rings. The fourth-order valence-corrected chi connectivity index (χ4v) is 3.84. The smallest absolute Gasteiger partial charge is 0.247 e. The maximum atomic E-state index is 12.6. The minimum Gasteiger partial charge on any atom is -0.494 e. The van der Waals surface area contributed by atoms with Gasteiger partial charge in [0.15, 0.2) is 0 Å².